The molecule has 14 heavy (non-hydrogen) atoms. The molecule has 0 bridgehead atoms. The van der Waals surface area contributed by atoms with Crippen molar-refractivity contribution < 1.29 is 0 Å². The van der Waals surface area contributed by atoms with Gasteiger partial charge in [0.2, 0.25) is 0 Å². The van der Waals surface area contributed by atoms with E-state index in [0.29, 0.717) is 0 Å². The molecule has 0 aromatic carbocycles. The summed E-state index contributed by atoms with van der Waals surface area (Å²) in [6, 6.07) is 1.99. The third-order valence-electron chi connectivity index (χ3n) is 2.27. The van der Waals surface area contributed by atoms with Crippen molar-refractivity contribution in [3.05, 3.63) is 18.5 Å². The van der Waals surface area contributed by atoms with Crippen molar-refractivity contribution in [1.29, 1.82) is 0 Å². The van der Waals surface area contributed by atoms with Crippen molar-refractivity contribution in [3.63, 3.8) is 0 Å². The van der Waals surface area contributed by atoms with E-state index in [4.69, 9.17) is 5.73 Å². The van der Waals surface area contributed by atoms with Gasteiger partial charge in [-0.15, -0.1) is 0 Å². The Bertz CT molecular complexity index is 267. The Morgan fingerprint density at radius 1 is 1.29 bits per heavy atom. The molecular formula is C11H19N3. The first-order chi connectivity index (χ1) is 6.88. The highest BCUT2D eigenvalue weighted by atomic mass is 15.2. The predicted octanol–water partition coefficient (Wildman–Crippen LogP) is 2.29. The molecule has 3 heteroatoms. The molecular weight excluding hydrogens is 174 g/mol. The van der Waals surface area contributed by atoms with Crippen LogP contribution in [0.25, 0.3) is 0 Å². The van der Waals surface area contributed by atoms with Gasteiger partial charge < -0.3 is 10.6 Å². The highest BCUT2D eigenvalue weighted by molar-refractivity contribution is 5.66. The van der Waals surface area contributed by atoms with Gasteiger partial charge in [-0.2, -0.15) is 0 Å². The number of rotatable bonds is 1. The van der Waals surface area contributed by atoms with Gasteiger partial charge in [-0.05, 0) is 18.9 Å². The molecule has 0 atom stereocenters. The SMILES string of the molecule is CC.Nc1cnccc1N1CCCC1. The molecule has 1 aromatic heterocycles. The van der Waals surface area contributed by atoms with Crippen molar-refractivity contribution in [2.24, 2.45) is 0 Å². The minimum atomic E-state index is 0.791. The largest absolute Gasteiger partial charge is 0.396 e. The van der Waals surface area contributed by atoms with Crippen LogP contribution in [0.5, 0.6) is 0 Å². The van der Waals surface area contributed by atoms with E-state index in [2.05, 4.69) is 9.88 Å². The van der Waals surface area contributed by atoms with Gasteiger partial charge in [-0.25, -0.2) is 0 Å². The van der Waals surface area contributed by atoms with Crippen LogP contribution in [0, 0.1) is 0 Å². The molecule has 2 rings (SSSR count). The van der Waals surface area contributed by atoms with Gasteiger partial charge >= 0.3 is 0 Å². The van der Waals surface area contributed by atoms with Crippen LogP contribution < -0.4 is 10.6 Å². The number of anilines is 2. The molecule has 2 N–H and O–H groups in total. The lowest BCUT2D eigenvalue weighted by atomic mass is 10.3. The number of nitrogen functional groups attached to an aromatic ring is 1. The van der Waals surface area contributed by atoms with E-state index in [9.17, 15) is 0 Å². The van der Waals surface area contributed by atoms with Crippen LogP contribution in [0.3, 0.4) is 0 Å². The molecule has 0 spiro atoms. The summed E-state index contributed by atoms with van der Waals surface area (Å²) in [7, 11) is 0. The van der Waals surface area contributed by atoms with E-state index in [1.165, 1.54) is 12.8 Å². The Labute approximate surface area is 85.9 Å². The molecule has 78 valence electrons. The summed E-state index contributed by atoms with van der Waals surface area (Å²) in [6.07, 6.45) is 6.07. The molecule has 1 aliphatic rings. The maximum atomic E-state index is 5.80. The predicted molar refractivity (Wildman–Crippen MR) is 61.4 cm³/mol. The summed E-state index contributed by atoms with van der Waals surface area (Å²) in [5.74, 6) is 0. The fourth-order valence-electron chi connectivity index (χ4n) is 1.65. The molecule has 0 radical (unpaired) electrons. The fourth-order valence-corrected chi connectivity index (χ4v) is 1.65. The van der Waals surface area contributed by atoms with Crippen LogP contribution in [0.1, 0.15) is 26.7 Å². The van der Waals surface area contributed by atoms with E-state index < -0.39 is 0 Å². The van der Waals surface area contributed by atoms with Gasteiger partial charge in [-0.3, -0.25) is 4.98 Å². The van der Waals surface area contributed by atoms with Crippen LogP contribution >= 0.6 is 0 Å². The zero-order valence-corrected chi connectivity index (χ0v) is 9.03. The van der Waals surface area contributed by atoms with Gasteiger partial charge in [-0.1, -0.05) is 13.8 Å². The Hall–Kier alpha value is -1.25. The first kappa shape index (κ1) is 10.8. The number of pyridine rings is 1. The normalized spacial score (nSPS) is 14.9. The van der Waals surface area contributed by atoms with E-state index in [1.807, 2.05) is 19.9 Å². The molecule has 0 saturated carbocycles. The molecule has 3 nitrogen and oxygen atoms in total. The lowest BCUT2D eigenvalue weighted by Gasteiger charge is -2.18. The third-order valence-corrected chi connectivity index (χ3v) is 2.27. The number of hydrogen-bond donors (Lipinski definition) is 1. The Kier molecular flexibility index (Phi) is 4.23. The summed E-state index contributed by atoms with van der Waals surface area (Å²) in [6.45, 7) is 6.27. The molecule has 1 fully saturated rings. The van der Waals surface area contributed by atoms with E-state index >= 15 is 0 Å². The maximum absolute atomic E-state index is 5.80. The Morgan fingerprint density at radius 3 is 2.50 bits per heavy atom. The lowest BCUT2D eigenvalue weighted by Crippen LogP contribution is -2.18. The standard InChI is InChI=1S/C9H13N3.C2H6/c10-8-7-11-4-3-9(8)12-5-1-2-6-12;1-2/h3-4,7H,1-2,5-6,10H2;1-2H3. The van der Waals surface area contributed by atoms with Crippen LogP contribution in [-0.2, 0) is 0 Å². The molecule has 1 aliphatic heterocycles. The van der Waals surface area contributed by atoms with Crippen molar-refractivity contribution in [2.75, 3.05) is 23.7 Å². The maximum Gasteiger partial charge on any atom is 0.0738 e. The molecule has 0 unspecified atom stereocenters. The molecule has 2 heterocycles. The van der Waals surface area contributed by atoms with Crippen LogP contribution in [0.4, 0.5) is 11.4 Å². The highest BCUT2D eigenvalue weighted by Gasteiger charge is 2.13. The summed E-state index contributed by atoms with van der Waals surface area (Å²) >= 11 is 0. The average molecular weight is 193 g/mol. The van der Waals surface area contributed by atoms with Crippen LogP contribution in [-0.4, -0.2) is 18.1 Å². The number of hydrogen-bond acceptors (Lipinski definition) is 3. The first-order valence-corrected chi connectivity index (χ1v) is 5.32. The highest BCUT2D eigenvalue weighted by Crippen LogP contribution is 2.24. The second-order valence-corrected chi connectivity index (χ2v) is 3.13. The van der Waals surface area contributed by atoms with E-state index in [1.54, 1.807) is 12.4 Å². The quantitative estimate of drug-likeness (QED) is 0.744. The summed E-state index contributed by atoms with van der Waals surface area (Å²) in [4.78, 5) is 6.28. The monoisotopic (exact) mass is 193 g/mol. The number of aromatic nitrogens is 1. The minimum absolute atomic E-state index is 0.791. The van der Waals surface area contributed by atoms with Gasteiger partial charge in [0.1, 0.15) is 0 Å². The van der Waals surface area contributed by atoms with Gasteiger partial charge in [0.25, 0.3) is 0 Å². The zero-order valence-electron chi connectivity index (χ0n) is 9.03. The second-order valence-electron chi connectivity index (χ2n) is 3.13. The third kappa shape index (κ3) is 2.37. The molecule has 0 aliphatic carbocycles. The second kappa shape index (κ2) is 5.47. The lowest BCUT2D eigenvalue weighted by molar-refractivity contribution is 0.949. The summed E-state index contributed by atoms with van der Waals surface area (Å²) < 4.78 is 0. The van der Waals surface area contributed by atoms with Crippen LogP contribution in [0.2, 0.25) is 0 Å². The van der Waals surface area contributed by atoms with Crippen molar-refractivity contribution in [2.45, 2.75) is 26.7 Å². The van der Waals surface area contributed by atoms with Crippen LogP contribution in [0.15, 0.2) is 18.5 Å². The van der Waals surface area contributed by atoms with Crippen molar-refractivity contribution >= 4 is 11.4 Å². The van der Waals surface area contributed by atoms with Crippen molar-refractivity contribution in [3.8, 4) is 0 Å². The Morgan fingerprint density at radius 2 is 1.93 bits per heavy atom. The smallest absolute Gasteiger partial charge is 0.0738 e. The molecule has 1 aromatic rings. The summed E-state index contributed by atoms with van der Waals surface area (Å²) in [5.41, 5.74) is 7.73. The topological polar surface area (TPSA) is 42.1 Å². The zero-order chi connectivity index (χ0) is 10.4. The summed E-state index contributed by atoms with van der Waals surface area (Å²) in [5, 5.41) is 0. The van der Waals surface area contributed by atoms with Gasteiger partial charge in [0, 0.05) is 19.3 Å². The number of nitrogens with zero attached hydrogens (tertiary/aromatic N) is 2. The average Bonchev–Trinajstić information content (AvgIpc) is 2.75. The molecule has 0 amide bonds. The molecule has 1 saturated heterocycles. The Balaban J connectivity index is 0.000000461. The minimum Gasteiger partial charge on any atom is -0.396 e. The first-order valence-electron chi connectivity index (χ1n) is 5.32. The van der Waals surface area contributed by atoms with E-state index in [0.717, 1.165) is 24.5 Å². The van der Waals surface area contributed by atoms with Crippen molar-refractivity contribution in [1.82, 2.24) is 4.98 Å². The van der Waals surface area contributed by atoms with E-state index in [-0.39, 0.29) is 0 Å². The van der Waals surface area contributed by atoms with Gasteiger partial charge in [0.05, 0.1) is 17.6 Å². The number of nitrogens with two attached hydrogens (primary N) is 1. The van der Waals surface area contributed by atoms with Gasteiger partial charge in [0.15, 0.2) is 0 Å². The fraction of sp³-hybridized carbons (Fsp3) is 0.545.